The summed E-state index contributed by atoms with van der Waals surface area (Å²) in [5, 5.41) is 1.84. The van der Waals surface area contributed by atoms with E-state index in [4.69, 9.17) is 17.0 Å². The molecule has 0 radical (unpaired) electrons. The molecule has 1 rings (SSSR count). The summed E-state index contributed by atoms with van der Waals surface area (Å²) in [6.45, 7) is 2.17. The largest absolute Gasteiger partial charge is 0.486 e. The van der Waals surface area contributed by atoms with Gasteiger partial charge in [0.25, 0.3) is 0 Å². The van der Waals surface area contributed by atoms with Crippen molar-refractivity contribution in [2.24, 2.45) is 0 Å². The molecule has 0 aliphatic heterocycles. The smallest absolute Gasteiger partial charge is 0.195 e. The minimum atomic E-state index is -3.29. The lowest BCUT2D eigenvalue weighted by Crippen LogP contribution is -2.16. The Morgan fingerprint density at radius 1 is 1.64 bits per heavy atom. The number of sulfone groups is 1. The third kappa shape index (κ3) is 3.04. The van der Waals surface area contributed by atoms with E-state index < -0.39 is 9.84 Å². The molecule has 3 nitrogen and oxygen atoms in total. The van der Waals surface area contributed by atoms with Crippen LogP contribution >= 0.6 is 23.6 Å². The molecule has 0 unspecified atom stereocenters. The zero-order chi connectivity index (χ0) is 10.6. The average molecular weight is 250 g/mol. The maximum absolute atomic E-state index is 11.6. The van der Waals surface area contributed by atoms with Crippen LogP contribution in [-0.2, 0) is 14.6 Å². The Kier molecular flexibility index (Phi) is 4.03. The van der Waals surface area contributed by atoms with Crippen molar-refractivity contribution in [1.82, 2.24) is 0 Å². The lowest BCUT2D eigenvalue weighted by Gasteiger charge is -2.04. The van der Waals surface area contributed by atoms with Crippen LogP contribution in [0.3, 0.4) is 0 Å². The molecule has 6 heteroatoms. The molecule has 0 aliphatic rings. The van der Waals surface area contributed by atoms with E-state index in [9.17, 15) is 8.42 Å². The van der Waals surface area contributed by atoms with Crippen LogP contribution in [-0.4, -0.2) is 25.8 Å². The first-order chi connectivity index (χ1) is 6.56. The Bertz CT molecular complexity index is 391. The fourth-order valence-electron chi connectivity index (χ4n) is 0.869. The standard InChI is InChI=1S/C8H10O3S3/c1-2-11-7(12)6-14(9,10)8-4-3-5-13-8/h3-5H,2,6H2,1H3. The van der Waals surface area contributed by atoms with Crippen LogP contribution in [0.1, 0.15) is 6.92 Å². The zero-order valence-electron chi connectivity index (χ0n) is 7.60. The van der Waals surface area contributed by atoms with Crippen LogP contribution in [0.25, 0.3) is 0 Å². The molecule has 0 fully saturated rings. The van der Waals surface area contributed by atoms with Gasteiger partial charge in [-0.05, 0) is 30.6 Å². The van der Waals surface area contributed by atoms with Gasteiger partial charge in [-0.2, -0.15) is 0 Å². The Labute approximate surface area is 92.6 Å². The monoisotopic (exact) mass is 250 g/mol. The number of ether oxygens (including phenoxy) is 1. The SMILES string of the molecule is CCOC(=S)CS(=O)(=O)c1cccs1. The van der Waals surface area contributed by atoms with Gasteiger partial charge in [0.15, 0.2) is 14.9 Å². The lowest BCUT2D eigenvalue weighted by atomic mass is 10.7. The van der Waals surface area contributed by atoms with Gasteiger partial charge in [-0.1, -0.05) is 6.07 Å². The van der Waals surface area contributed by atoms with Crippen molar-refractivity contribution in [3.8, 4) is 0 Å². The van der Waals surface area contributed by atoms with E-state index in [-0.39, 0.29) is 10.8 Å². The highest BCUT2D eigenvalue weighted by molar-refractivity contribution is 7.95. The zero-order valence-corrected chi connectivity index (χ0v) is 10.0. The molecule has 0 atom stereocenters. The molecule has 0 aliphatic carbocycles. The molecule has 78 valence electrons. The highest BCUT2D eigenvalue weighted by Gasteiger charge is 2.18. The third-order valence-corrected chi connectivity index (χ3v) is 4.96. The van der Waals surface area contributed by atoms with Gasteiger partial charge >= 0.3 is 0 Å². The Morgan fingerprint density at radius 2 is 2.36 bits per heavy atom. The predicted molar refractivity (Wildman–Crippen MR) is 60.6 cm³/mol. The quantitative estimate of drug-likeness (QED) is 0.765. The normalized spacial score (nSPS) is 11.2. The summed E-state index contributed by atoms with van der Waals surface area (Å²) in [6.07, 6.45) is 0. The second-order valence-corrected chi connectivity index (χ2v) is 6.12. The maximum atomic E-state index is 11.6. The summed E-state index contributed by atoms with van der Waals surface area (Å²) in [7, 11) is -3.29. The van der Waals surface area contributed by atoms with Gasteiger partial charge in [0.2, 0.25) is 0 Å². The molecule has 1 aromatic rings. The van der Waals surface area contributed by atoms with Crippen LogP contribution in [0, 0.1) is 0 Å². The van der Waals surface area contributed by atoms with E-state index in [1.54, 1.807) is 24.4 Å². The number of hydrogen-bond donors (Lipinski definition) is 0. The van der Waals surface area contributed by atoms with Crippen molar-refractivity contribution in [3.05, 3.63) is 17.5 Å². The van der Waals surface area contributed by atoms with Crippen LogP contribution < -0.4 is 0 Å². The van der Waals surface area contributed by atoms with Gasteiger partial charge in [0.1, 0.15) is 9.96 Å². The molecule has 1 aromatic heterocycles. The van der Waals surface area contributed by atoms with Gasteiger partial charge in [-0.15, -0.1) is 11.3 Å². The molecule has 1 heterocycles. The number of hydrogen-bond acceptors (Lipinski definition) is 5. The van der Waals surface area contributed by atoms with Crippen molar-refractivity contribution in [2.75, 3.05) is 12.4 Å². The molecule has 0 saturated carbocycles. The number of thiophene rings is 1. The number of thiocarbonyl (C=S) groups is 1. The first-order valence-corrected chi connectivity index (χ1v) is 6.92. The van der Waals surface area contributed by atoms with Gasteiger partial charge in [0, 0.05) is 0 Å². The third-order valence-electron chi connectivity index (χ3n) is 1.41. The highest BCUT2D eigenvalue weighted by atomic mass is 32.2. The maximum Gasteiger partial charge on any atom is 0.195 e. The molecular formula is C8H10O3S3. The van der Waals surface area contributed by atoms with Gasteiger partial charge in [-0.3, -0.25) is 0 Å². The summed E-state index contributed by atoms with van der Waals surface area (Å²) in [5.41, 5.74) is 0. The lowest BCUT2D eigenvalue weighted by molar-refractivity contribution is 0.334. The Hall–Kier alpha value is -0.460. The highest BCUT2D eigenvalue weighted by Crippen LogP contribution is 2.17. The summed E-state index contributed by atoms with van der Waals surface area (Å²) < 4.78 is 28.5. The molecule has 0 amide bonds. The Balaban J connectivity index is 2.74. The van der Waals surface area contributed by atoms with E-state index in [0.717, 1.165) is 0 Å². The number of rotatable bonds is 4. The van der Waals surface area contributed by atoms with Crippen molar-refractivity contribution in [2.45, 2.75) is 11.1 Å². The van der Waals surface area contributed by atoms with Crippen molar-refractivity contribution in [1.29, 1.82) is 0 Å². The first-order valence-electron chi connectivity index (χ1n) is 3.98. The minimum absolute atomic E-state index is 0.126. The Morgan fingerprint density at radius 3 is 2.86 bits per heavy atom. The van der Waals surface area contributed by atoms with Gasteiger partial charge < -0.3 is 4.74 Å². The predicted octanol–water partition coefficient (Wildman–Crippen LogP) is 1.89. The van der Waals surface area contributed by atoms with E-state index >= 15 is 0 Å². The second kappa shape index (κ2) is 4.86. The van der Waals surface area contributed by atoms with Crippen molar-refractivity contribution >= 4 is 38.4 Å². The van der Waals surface area contributed by atoms with Crippen LogP contribution in [0.15, 0.2) is 21.7 Å². The molecule has 0 N–H and O–H groups in total. The average Bonchev–Trinajstić information content (AvgIpc) is 2.54. The van der Waals surface area contributed by atoms with Crippen molar-refractivity contribution in [3.63, 3.8) is 0 Å². The summed E-state index contributed by atoms with van der Waals surface area (Å²) in [4.78, 5) is 0. The molecule has 0 saturated heterocycles. The van der Waals surface area contributed by atoms with E-state index in [1.807, 2.05) is 0 Å². The summed E-state index contributed by atoms with van der Waals surface area (Å²) >= 11 is 5.97. The van der Waals surface area contributed by atoms with E-state index in [0.29, 0.717) is 10.8 Å². The summed E-state index contributed by atoms with van der Waals surface area (Å²) in [5.74, 6) is -0.212. The first kappa shape index (κ1) is 11.6. The van der Waals surface area contributed by atoms with Gasteiger partial charge in [-0.25, -0.2) is 8.42 Å². The fraction of sp³-hybridized carbons (Fsp3) is 0.375. The molecular weight excluding hydrogens is 240 g/mol. The van der Waals surface area contributed by atoms with Crippen molar-refractivity contribution < 1.29 is 13.2 Å². The van der Waals surface area contributed by atoms with Crippen LogP contribution in [0.2, 0.25) is 0 Å². The molecule has 0 spiro atoms. The van der Waals surface area contributed by atoms with E-state index in [1.165, 1.54) is 11.3 Å². The fourth-order valence-corrected chi connectivity index (χ4v) is 3.65. The molecule has 0 aromatic carbocycles. The van der Waals surface area contributed by atoms with Gasteiger partial charge in [0.05, 0.1) is 6.61 Å². The molecule has 14 heavy (non-hydrogen) atoms. The second-order valence-electron chi connectivity index (χ2n) is 2.50. The van der Waals surface area contributed by atoms with E-state index in [2.05, 4.69) is 0 Å². The summed E-state index contributed by atoms with van der Waals surface area (Å²) in [6, 6.07) is 3.26. The van der Waals surface area contributed by atoms with Crippen LogP contribution in [0.5, 0.6) is 0 Å². The molecule has 0 bridgehead atoms. The minimum Gasteiger partial charge on any atom is -0.486 e. The topological polar surface area (TPSA) is 43.4 Å². The van der Waals surface area contributed by atoms with Crippen LogP contribution in [0.4, 0.5) is 0 Å².